The van der Waals surface area contributed by atoms with Crippen LogP contribution in [-0.2, 0) is 17.1 Å². The van der Waals surface area contributed by atoms with E-state index < -0.39 is 15.8 Å². The van der Waals surface area contributed by atoms with Gasteiger partial charge in [0.1, 0.15) is 0 Å². The summed E-state index contributed by atoms with van der Waals surface area (Å²) in [6.45, 7) is 2.25. The first-order valence-electron chi connectivity index (χ1n) is 5.55. The highest BCUT2D eigenvalue weighted by atomic mass is 32.2. The van der Waals surface area contributed by atoms with Crippen molar-refractivity contribution in [3.05, 3.63) is 28.7 Å². The van der Waals surface area contributed by atoms with Crippen molar-refractivity contribution >= 4 is 21.1 Å². The first-order chi connectivity index (χ1) is 8.45. The molecule has 18 heavy (non-hydrogen) atoms. The fourth-order valence-electron chi connectivity index (χ4n) is 1.60. The minimum absolute atomic E-state index is 0.0952. The number of sulfonamides is 1. The highest BCUT2D eigenvalue weighted by molar-refractivity contribution is 7.89. The number of rotatable bonds is 4. The molecule has 98 valence electrons. The Morgan fingerprint density at radius 3 is 2.78 bits per heavy atom. The second-order valence-corrected chi connectivity index (χ2v) is 5.72. The van der Waals surface area contributed by atoms with Gasteiger partial charge in [0.05, 0.1) is 10.4 Å². The van der Waals surface area contributed by atoms with Crippen LogP contribution in [0.25, 0.3) is 11.1 Å². The van der Waals surface area contributed by atoms with E-state index in [1.807, 2.05) is 6.92 Å². The summed E-state index contributed by atoms with van der Waals surface area (Å²) in [6.07, 6.45) is 0.710. The number of oxazole rings is 1. The molecule has 1 N–H and O–H groups in total. The van der Waals surface area contributed by atoms with E-state index in [1.165, 1.54) is 16.7 Å². The van der Waals surface area contributed by atoms with E-state index in [0.29, 0.717) is 18.5 Å². The van der Waals surface area contributed by atoms with Crippen molar-refractivity contribution in [1.29, 1.82) is 0 Å². The molecule has 0 fully saturated rings. The van der Waals surface area contributed by atoms with Crippen LogP contribution in [0.3, 0.4) is 0 Å². The molecule has 2 rings (SSSR count). The minimum atomic E-state index is -3.54. The Morgan fingerprint density at radius 1 is 1.39 bits per heavy atom. The molecule has 0 aliphatic carbocycles. The Balaban J connectivity index is 2.51. The lowest BCUT2D eigenvalue weighted by Gasteiger charge is -2.04. The molecule has 0 amide bonds. The first-order valence-corrected chi connectivity index (χ1v) is 7.03. The van der Waals surface area contributed by atoms with Crippen molar-refractivity contribution in [2.45, 2.75) is 18.2 Å². The average molecular weight is 270 g/mol. The molecule has 0 aliphatic heterocycles. The average Bonchev–Trinajstić information content (AvgIpc) is 2.62. The summed E-state index contributed by atoms with van der Waals surface area (Å²) in [5, 5.41) is 0. The summed E-state index contributed by atoms with van der Waals surface area (Å²) in [6, 6.07) is 4.37. The maximum Gasteiger partial charge on any atom is 0.419 e. The van der Waals surface area contributed by atoms with Gasteiger partial charge in [0.25, 0.3) is 0 Å². The fraction of sp³-hybridized carbons (Fsp3) is 0.364. The van der Waals surface area contributed by atoms with Crippen molar-refractivity contribution in [3.8, 4) is 0 Å². The van der Waals surface area contributed by atoms with Crippen LogP contribution in [0.5, 0.6) is 0 Å². The first kappa shape index (κ1) is 12.8. The van der Waals surface area contributed by atoms with Gasteiger partial charge in [-0.15, -0.1) is 0 Å². The lowest BCUT2D eigenvalue weighted by Crippen LogP contribution is -2.24. The Kier molecular flexibility index (Phi) is 3.27. The molecule has 0 spiro atoms. The molecule has 0 bridgehead atoms. The van der Waals surface area contributed by atoms with Crippen LogP contribution >= 0.6 is 0 Å². The Morgan fingerprint density at radius 2 is 2.11 bits per heavy atom. The van der Waals surface area contributed by atoms with Gasteiger partial charge in [0.15, 0.2) is 5.58 Å². The Bertz CT molecular complexity index is 727. The largest absolute Gasteiger partial charge is 0.419 e. The van der Waals surface area contributed by atoms with Crippen LogP contribution in [0.4, 0.5) is 0 Å². The SMILES string of the molecule is CCCNS(=O)(=O)c1ccc2c(c1)oc(=O)n2C. The second kappa shape index (κ2) is 4.58. The monoisotopic (exact) mass is 270 g/mol. The van der Waals surface area contributed by atoms with Crippen molar-refractivity contribution < 1.29 is 12.8 Å². The van der Waals surface area contributed by atoms with Gasteiger partial charge in [-0.1, -0.05) is 6.92 Å². The van der Waals surface area contributed by atoms with Crippen LogP contribution in [0.1, 0.15) is 13.3 Å². The third-order valence-electron chi connectivity index (χ3n) is 2.62. The molecule has 0 saturated heterocycles. The smallest absolute Gasteiger partial charge is 0.408 e. The lowest BCUT2D eigenvalue weighted by molar-refractivity contribution is 0.527. The molecule has 1 heterocycles. The number of nitrogens with zero attached hydrogens (tertiary/aromatic N) is 1. The van der Waals surface area contributed by atoms with Crippen LogP contribution in [0.15, 0.2) is 32.3 Å². The molecule has 1 aromatic carbocycles. The van der Waals surface area contributed by atoms with Gasteiger partial charge in [0.2, 0.25) is 10.0 Å². The number of hydrogen-bond acceptors (Lipinski definition) is 4. The van der Waals surface area contributed by atoms with Crippen LogP contribution in [0, 0.1) is 0 Å². The molecule has 0 radical (unpaired) electrons. The molecule has 0 atom stereocenters. The highest BCUT2D eigenvalue weighted by Crippen LogP contribution is 2.17. The summed E-state index contributed by atoms with van der Waals surface area (Å²) in [5.74, 6) is -0.513. The van der Waals surface area contributed by atoms with E-state index in [9.17, 15) is 13.2 Å². The van der Waals surface area contributed by atoms with E-state index in [4.69, 9.17) is 4.42 Å². The van der Waals surface area contributed by atoms with Gasteiger partial charge in [-0.25, -0.2) is 17.9 Å². The molecular weight excluding hydrogens is 256 g/mol. The van der Waals surface area contributed by atoms with Crippen LogP contribution < -0.4 is 10.5 Å². The summed E-state index contributed by atoms with van der Waals surface area (Å²) in [7, 11) is -1.97. The third kappa shape index (κ3) is 2.19. The minimum Gasteiger partial charge on any atom is -0.408 e. The maximum absolute atomic E-state index is 11.9. The molecule has 1 aromatic heterocycles. The number of aromatic nitrogens is 1. The normalized spacial score (nSPS) is 12.1. The van der Waals surface area contributed by atoms with E-state index in [-0.39, 0.29) is 10.5 Å². The van der Waals surface area contributed by atoms with Gasteiger partial charge < -0.3 is 4.42 Å². The molecule has 0 unspecified atom stereocenters. The second-order valence-electron chi connectivity index (χ2n) is 3.95. The highest BCUT2D eigenvalue weighted by Gasteiger charge is 2.15. The van der Waals surface area contributed by atoms with Crippen LogP contribution in [-0.4, -0.2) is 19.5 Å². The zero-order chi connectivity index (χ0) is 13.3. The fourth-order valence-corrected chi connectivity index (χ4v) is 2.75. The van der Waals surface area contributed by atoms with E-state index in [2.05, 4.69) is 4.72 Å². The summed E-state index contributed by atoms with van der Waals surface area (Å²) in [5.41, 5.74) is 0.830. The van der Waals surface area contributed by atoms with Gasteiger partial charge in [-0.2, -0.15) is 0 Å². The molecule has 0 aliphatic rings. The van der Waals surface area contributed by atoms with Gasteiger partial charge in [-0.05, 0) is 18.6 Å². The van der Waals surface area contributed by atoms with Gasteiger partial charge in [-0.3, -0.25) is 4.57 Å². The van der Waals surface area contributed by atoms with Crippen molar-refractivity contribution in [2.24, 2.45) is 7.05 Å². The predicted octanol–water partition coefficient (Wildman–Crippen LogP) is 0.820. The van der Waals surface area contributed by atoms with Crippen molar-refractivity contribution in [3.63, 3.8) is 0 Å². The summed E-state index contributed by atoms with van der Waals surface area (Å²) >= 11 is 0. The number of hydrogen-bond donors (Lipinski definition) is 1. The number of nitrogens with one attached hydrogen (secondary N) is 1. The maximum atomic E-state index is 11.9. The molecule has 0 saturated carbocycles. The zero-order valence-electron chi connectivity index (χ0n) is 10.1. The topological polar surface area (TPSA) is 81.3 Å². The number of fused-ring (bicyclic) bond motifs is 1. The quantitative estimate of drug-likeness (QED) is 0.891. The van der Waals surface area contributed by atoms with Gasteiger partial charge >= 0.3 is 5.76 Å². The van der Waals surface area contributed by atoms with Crippen molar-refractivity contribution in [2.75, 3.05) is 6.54 Å². The zero-order valence-corrected chi connectivity index (χ0v) is 11.0. The Labute approximate surface area is 104 Å². The third-order valence-corrected chi connectivity index (χ3v) is 4.07. The van der Waals surface area contributed by atoms with Crippen LogP contribution in [0.2, 0.25) is 0 Å². The summed E-state index contributed by atoms with van der Waals surface area (Å²) < 4.78 is 32.5. The van der Waals surface area contributed by atoms with E-state index in [0.717, 1.165) is 0 Å². The standard InChI is InChI=1S/C11H14N2O4S/c1-3-6-12-18(15,16)8-4-5-9-10(7-8)17-11(14)13(9)2/h4-5,7,12H,3,6H2,1-2H3. The molecule has 7 heteroatoms. The number of aryl methyl sites for hydroxylation is 1. The summed E-state index contributed by atoms with van der Waals surface area (Å²) in [4.78, 5) is 11.4. The van der Waals surface area contributed by atoms with Gasteiger partial charge in [0, 0.05) is 19.7 Å². The predicted molar refractivity (Wildman–Crippen MR) is 66.9 cm³/mol. The van der Waals surface area contributed by atoms with E-state index in [1.54, 1.807) is 13.1 Å². The van der Waals surface area contributed by atoms with E-state index >= 15 is 0 Å². The van der Waals surface area contributed by atoms with Crippen molar-refractivity contribution in [1.82, 2.24) is 9.29 Å². The molecular formula is C11H14N2O4S. The Hall–Kier alpha value is -1.60. The molecule has 6 nitrogen and oxygen atoms in total. The lowest BCUT2D eigenvalue weighted by atomic mass is 10.3. The molecule has 2 aromatic rings. The number of benzene rings is 1.